The molecule has 2 aliphatic rings. The lowest BCUT2D eigenvalue weighted by Crippen LogP contribution is -2.21. The first-order valence-corrected chi connectivity index (χ1v) is 8.59. The lowest BCUT2D eigenvalue weighted by atomic mass is 9.83. The molecule has 0 saturated heterocycles. The van der Waals surface area contributed by atoms with Gasteiger partial charge in [0.05, 0.1) is 13.0 Å². The van der Waals surface area contributed by atoms with Gasteiger partial charge in [-0.15, -0.1) is 0 Å². The van der Waals surface area contributed by atoms with E-state index in [2.05, 4.69) is 11.4 Å². The predicted octanol–water partition coefficient (Wildman–Crippen LogP) is 3.07. The van der Waals surface area contributed by atoms with Gasteiger partial charge in [0, 0.05) is 23.9 Å². The molecule has 7 nitrogen and oxygen atoms in total. The predicted molar refractivity (Wildman–Crippen MR) is 99.0 cm³/mol. The van der Waals surface area contributed by atoms with Gasteiger partial charge in [-0.2, -0.15) is 5.26 Å². The van der Waals surface area contributed by atoms with Gasteiger partial charge in [-0.3, -0.25) is 0 Å². The van der Waals surface area contributed by atoms with Crippen molar-refractivity contribution in [2.75, 3.05) is 25.8 Å². The lowest BCUT2D eigenvalue weighted by molar-refractivity contribution is 0.171. The summed E-state index contributed by atoms with van der Waals surface area (Å²) in [5.74, 6) is 2.02. The third kappa shape index (κ3) is 2.75. The van der Waals surface area contributed by atoms with Crippen LogP contribution in [0.3, 0.4) is 0 Å². The third-order valence-electron chi connectivity index (χ3n) is 4.61. The molecule has 4 rings (SSSR count). The molecule has 0 saturated carbocycles. The zero-order valence-corrected chi connectivity index (χ0v) is 15.0. The summed E-state index contributed by atoms with van der Waals surface area (Å²) in [6.07, 6.45) is 0. The Bertz CT molecular complexity index is 978. The smallest absolute Gasteiger partial charge is 0.231 e. The minimum atomic E-state index is -0.391. The Morgan fingerprint density at radius 1 is 1.26 bits per heavy atom. The molecule has 0 aromatic heterocycles. The van der Waals surface area contributed by atoms with Gasteiger partial charge in [-0.1, -0.05) is 6.07 Å². The van der Waals surface area contributed by atoms with Crippen LogP contribution >= 0.6 is 0 Å². The number of nitrogens with zero attached hydrogens (tertiary/aromatic N) is 1. The van der Waals surface area contributed by atoms with E-state index in [0.29, 0.717) is 28.6 Å². The Morgan fingerprint density at radius 2 is 2.11 bits per heavy atom. The van der Waals surface area contributed by atoms with Crippen molar-refractivity contribution >= 4 is 5.69 Å². The van der Waals surface area contributed by atoms with E-state index in [1.807, 2.05) is 37.3 Å². The third-order valence-corrected chi connectivity index (χ3v) is 4.61. The fraction of sp³-hybridized carbons (Fsp3) is 0.250. The van der Waals surface area contributed by atoms with Crippen LogP contribution in [-0.2, 0) is 0 Å². The summed E-state index contributed by atoms with van der Waals surface area (Å²) in [5.41, 5.74) is 9.00. The maximum absolute atomic E-state index is 9.71. The Balaban J connectivity index is 1.88. The van der Waals surface area contributed by atoms with Crippen molar-refractivity contribution in [3.05, 3.63) is 52.9 Å². The number of benzene rings is 2. The maximum atomic E-state index is 9.71. The van der Waals surface area contributed by atoms with Crippen LogP contribution in [0, 0.1) is 11.3 Å². The van der Waals surface area contributed by atoms with Crippen LogP contribution in [-0.4, -0.2) is 20.4 Å². The zero-order chi connectivity index (χ0) is 19.0. The number of hydrogen-bond acceptors (Lipinski definition) is 7. The van der Waals surface area contributed by atoms with Crippen LogP contribution in [0.15, 0.2) is 41.8 Å². The highest BCUT2D eigenvalue weighted by atomic mass is 16.7. The van der Waals surface area contributed by atoms with Crippen molar-refractivity contribution in [1.29, 1.82) is 5.26 Å². The van der Waals surface area contributed by atoms with Crippen LogP contribution in [0.1, 0.15) is 24.0 Å². The maximum Gasteiger partial charge on any atom is 0.231 e. The number of allylic oxidation sites excluding steroid dienone is 1. The van der Waals surface area contributed by atoms with E-state index in [1.54, 1.807) is 7.11 Å². The van der Waals surface area contributed by atoms with Crippen LogP contribution in [0.2, 0.25) is 0 Å². The minimum absolute atomic E-state index is 0.0975. The molecule has 0 bridgehead atoms. The standard InChI is InChI=1S/C20H19N3O4/c1-3-23-12-4-5-13-15(8-12)27-20(22)14(9-21)18(13)11-6-16(24-2)19-17(7-11)25-10-26-19/h4-8,18,23H,3,10,22H2,1-2H3. The molecule has 2 aromatic rings. The van der Waals surface area contributed by atoms with Gasteiger partial charge in [0.1, 0.15) is 17.4 Å². The summed E-state index contributed by atoms with van der Waals surface area (Å²) in [4.78, 5) is 0. The lowest BCUT2D eigenvalue weighted by Gasteiger charge is -2.27. The molecule has 2 aromatic carbocycles. The fourth-order valence-corrected chi connectivity index (χ4v) is 3.43. The molecule has 0 spiro atoms. The van der Waals surface area contributed by atoms with Gasteiger partial charge in [0.2, 0.25) is 18.4 Å². The molecular weight excluding hydrogens is 346 g/mol. The Labute approximate surface area is 156 Å². The zero-order valence-electron chi connectivity index (χ0n) is 15.0. The Kier molecular flexibility index (Phi) is 4.16. The highest BCUT2D eigenvalue weighted by Crippen LogP contribution is 2.48. The number of methoxy groups -OCH3 is 1. The first kappa shape index (κ1) is 16.9. The van der Waals surface area contributed by atoms with Gasteiger partial charge in [0.15, 0.2) is 11.5 Å². The molecule has 7 heteroatoms. The number of fused-ring (bicyclic) bond motifs is 2. The van der Waals surface area contributed by atoms with Gasteiger partial charge in [-0.25, -0.2) is 0 Å². The fourth-order valence-electron chi connectivity index (χ4n) is 3.43. The molecule has 3 N–H and O–H groups in total. The number of nitrogens with two attached hydrogens (primary N) is 1. The van der Waals surface area contributed by atoms with E-state index in [4.69, 9.17) is 24.7 Å². The Hall–Kier alpha value is -3.53. The average molecular weight is 365 g/mol. The normalized spacial score (nSPS) is 17.0. The molecule has 2 heterocycles. The second-order valence-electron chi connectivity index (χ2n) is 6.16. The van der Waals surface area contributed by atoms with Crippen molar-refractivity contribution in [3.8, 4) is 29.1 Å². The second kappa shape index (κ2) is 6.65. The number of anilines is 1. The van der Waals surface area contributed by atoms with Crippen molar-refractivity contribution in [3.63, 3.8) is 0 Å². The summed E-state index contributed by atoms with van der Waals surface area (Å²) < 4.78 is 22.2. The number of nitrogens with one attached hydrogen (secondary N) is 1. The summed E-state index contributed by atoms with van der Waals surface area (Å²) in [6, 6.07) is 11.7. The summed E-state index contributed by atoms with van der Waals surface area (Å²) in [6.45, 7) is 2.94. The summed E-state index contributed by atoms with van der Waals surface area (Å²) >= 11 is 0. The topological polar surface area (TPSA) is 98.8 Å². The molecule has 0 radical (unpaired) electrons. The minimum Gasteiger partial charge on any atom is -0.493 e. The van der Waals surface area contributed by atoms with Gasteiger partial charge >= 0.3 is 0 Å². The van der Waals surface area contributed by atoms with Crippen molar-refractivity contribution in [1.82, 2.24) is 0 Å². The number of hydrogen-bond donors (Lipinski definition) is 2. The van der Waals surface area contributed by atoms with Gasteiger partial charge < -0.3 is 30.0 Å². The van der Waals surface area contributed by atoms with Gasteiger partial charge in [-0.05, 0) is 30.7 Å². The van der Waals surface area contributed by atoms with E-state index in [9.17, 15) is 5.26 Å². The molecule has 0 amide bonds. The largest absolute Gasteiger partial charge is 0.493 e. The first-order chi connectivity index (χ1) is 13.2. The van der Waals surface area contributed by atoms with E-state index in [1.165, 1.54) is 0 Å². The van der Waals surface area contributed by atoms with Gasteiger partial charge in [0.25, 0.3) is 0 Å². The molecule has 138 valence electrons. The second-order valence-corrected chi connectivity index (χ2v) is 6.16. The molecule has 1 unspecified atom stereocenters. The van der Waals surface area contributed by atoms with Crippen LogP contribution in [0.4, 0.5) is 5.69 Å². The summed E-state index contributed by atoms with van der Waals surface area (Å²) in [7, 11) is 1.57. The number of nitriles is 1. The number of ether oxygens (including phenoxy) is 4. The molecule has 0 fully saturated rings. The van der Waals surface area contributed by atoms with E-state index in [0.717, 1.165) is 23.4 Å². The van der Waals surface area contributed by atoms with Crippen molar-refractivity contribution in [2.45, 2.75) is 12.8 Å². The highest BCUT2D eigenvalue weighted by Gasteiger charge is 2.33. The highest BCUT2D eigenvalue weighted by molar-refractivity contribution is 5.64. The van der Waals surface area contributed by atoms with Crippen LogP contribution < -0.4 is 30.0 Å². The molecule has 1 atom stereocenters. The molecule has 0 aliphatic carbocycles. The van der Waals surface area contributed by atoms with Crippen molar-refractivity contribution < 1.29 is 18.9 Å². The number of rotatable bonds is 4. The quantitative estimate of drug-likeness (QED) is 0.859. The van der Waals surface area contributed by atoms with E-state index in [-0.39, 0.29) is 12.7 Å². The molecular formula is C20H19N3O4. The van der Waals surface area contributed by atoms with Crippen molar-refractivity contribution in [2.24, 2.45) is 5.73 Å². The molecule has 27 heavy (non-hydrogen) atoms. The van der Waals surface area contributed by atoms with Crippen LogP contribution in [0.5, 0.6) is 23.0 Å². The van der Waals surface area contributed by atoms with E-state index < -0.39 is 5.92 Å². The summed E-state index contributed by atoms with van der Waals surface area (Å²) in [5, 5.41) is 13.0. The molecule has 2 aliphatic heterocycles. The first-order valence-electron chi connectivity index (χ1n) is 8.59. The SMILES string of the molecule is CCNc1ccc2c(c1)OC(N)=C(C#N)C2c1cc(OC)c2c(c1)OCO2. The average Bonchev–Trinajstić information content (AvgIpc) is 3.15. The monoisotopic (exact) mass is 365 g/mol. The van der Waals surface area contributed by atoms with E-state index >= 15 is 0 Å². The Morgan fingerprint density at radius 3 is 2.85 bits per heavy atom. The van der Waals surface area contributed by atoms with Crippen LogP contribution in [0.25, 0.3) is 0 Å².